The van der Waals surface area contributed by atoms with Crippen molar-refractivity contribution in [3.63, 3.8) is 0 Å². The Balaban J connectivity index is 2.24. The number of phenols is 2. The second-order valence-corrected chi connectivity index (χ2v) is 4.82. The first-order valence-corrected chi connectivity index (χ1v) is 6.65. The lowest BCUT2D eigenvalue weighted by atomic mass is 9.92. The average molecular weight is 286 g/mol. The third-order valence-electron chi connectivity index (χ3n) is 3.27. The number of aliphatic hydroxyl groups excluding tert-OH is 2. The smallest absolute Gasteiger partial charge is 0.115 e. The van der Waals surface area contributed by atoms with Crippen LogP contribution in [-0.2, 0) is 0 Å². The molecule has 2 aromatic rings. The number of hydrogen-bond donors (Lipinski definition) is 4. The van der Waals surface area contributed by atoms with Crippen LogP contribution < -0.4 is 0 Å². The molecule has 4 nitrogen and oxygen atoms in total. The highest BCUT2D eigenvalue weighted by molar-refractivity contribution is 5.52. The van der Waals surface area contributed by atoms with Crippen LogP contribution in [0.3, 0.4) is 0 Å². The van der Waals surface area contributed by atoms with Crippen molar-refractivity contribution in [2.24, 2.45) is 0 Å². The summed E-state index contributed by atoms with van der Waals surface area (Å²) in [4.78, 5) is 0. The zero-order valence-electron chi connectivity index (χ0n) is 11.4. The molecule has 2 rings (SSSR count). The number of benzene rings is 2. The topological polar surface area (TPSA) is 80.9 Å². The van der Waals surface area contributed by atoms with E-state index >= 15 is 0 Å². The summed E-state index contributed by atoms with van der Waals surface area (Å²) in [6.45, 7) is -0.356. The Morgan fingerprint density at radius 3 is 1.90 bits per heavy atom. The fourth-order valence-corrected chi connectivity index (χ4v) is 2.07. The van der Waals surface area contributed by atoms with Crippen molar-refractivity contribution in [2.45, 2.75) is 12.0 Å². The first-order valence-electron chi connectivity index (χ1n) is 6.65. The Labute approximate surface area is 123 Å². The summed E-state index contributed by atoms with van der Waals surface area (Å²) in [5.41, 5.74) is 1.67. The number of phenolic OH excluding ortho intramolecular Hbond substituents is 2. The molecule has 0 radical (unpaired) electrons. The minimum atomic E-state index is -0.928. The van der Waals surface area contributed by atoms with E-state index in [1.807, 2.05) is 6.08 Å². The summed E-state index contributed by atoms with van der Waals surface area (Å²) >= 11 is 0. The molecule has 110 valence electrons. The van der Waals surface area contributed by atoms with Crippen molar-refractivity contribution in [3.8, 4) is 11.5 Å². The number of hydrogen-bond acceptors (Lipinski definition) is 4. The molecule has 2 aromatic carbocycles. The molecule has 2 unspecified atom stereocenters. The average Bonchev–Trinajstić information content (AvgIpc) is 2.50. The monoisotopic (exact) mass is 286 g/mol. The van der Waals surface area contributed by atoms with Gasteiger partial charge in [-0.25, -0.2) is 0 Å². The molecule has 2 atom stereocenters. The summed E-state index contributed by atoms with van der Waals surface area (Å²) in [6, 6.07) is 13.2. The fourth-order valence-electron chi connectivity index (χ4n) is 2.07. The Hall–Kier alpha value is -2.30. The maximum absolute atomic E-state index is 9.96. The van der Waals surface area contributed by atoms with Crippen molar-refractivity contribution in [1.82, 2.24) is 0 Å². The highest BCUT2D eigenvalue weighted by atomic mass is 16.3. The molecule has 0 heterocycles. The van der Waals surface area contributed by atoms with E-state index in [1.165, 1.54) is 0 Å². The van der Waals surface area contributed by atoms with Gasteiger partial charge in [0.25, 0.3) is 0 Å². The number of rotatable bonds is 5. The van der Waals surface area contributed by atoms with Gasteiger partial charge in [0.1, 0.15) is 11.5 Å². The SMILES string of the molecule is OCC(O)C(/C=C\c1ccc(O)cc1)c1ccc(O)cc1. The van der Waals surface area contributed by atoms with Crippen LogP contribution in [-0.4, -0.2) is 33.1 Å². The van der Waals surface area contributed by atoms with Crippen LogP contribution in [0.2, 0.25) is 0 Å². The second-order valence-electron chi connectivity index (χ2n) is 4.82. The standard InChI is InChI=1S/C17H18O4/c18-11-17(21)16(13-4-8-15(20)9-5-13)10-3-12-1-6-14(19)7-2-12/h1-10,16-21H,11H2/b10-3-. The van der Waals surface area contributed by atoms with Gasteiger partial charge in [-0.2, -0.15) is 0 Å². The van der Waals surface area contributed by atoms with Gasteiger partial charge in [-0.1, -0.05) is 36.4 Å². The van der Waals surface area contributed by atoms with E-state index in [4.69, 9.17) is 0 Å². The molecule has 4 heteroatoms. The molecule has 0 spiro atoms. The van der Waals surface area contributed by atoms with Crippen LogP contribution >= 0.6 is 0 Å². The lowest BCUT2D eigenvalue weighted by Gasteiger charge is -2.18. The van der Waals surface area contributed by atoms with E-state index < -0.39 is 6.10 Å². The number of aliphatic hydroxyl groups is 2. The zero-order chi connectivity index (χ0) is 15.2. The van der Waals surface area contributed by atoms with Crippen molar-refractivity contribution >= 4 is 6.08 Å². The predicted octanol–water partition coefficient (Wildman–Crippen LogP) is 2.25. The molecular weight excluding hydrogens is 268 g/mol. The highest BCUT2D eigenvalue weighted by Crippen LogP contribution is 2.25. The molecule has 0 saturated heterocycles. The molecule has 0 amide bonds. The Kier molecular flexibility index (Phi) is 4.98. The number of aromatic hydroxyl groups is 2. The molecule has 0 bridgehead atoms. The van der Waals surface area contributed by atoms with Crippen LogP contribution in [0.15, 0.2) is 54.6 Å². The van der Waals surface area contributed by atoms with Gasteiger partial charge in [0.05, 0.1) is 12.7 Å². The van der Waals surface area contributed by atoms with Crippen LogP contribution in [0.5, 0.6) is 11.5 Å². The first kappa shape index (κ1) is 15.1. The molecule has 0 fully saturated rings. The van der Waals surface area contributed by atoms with Crippen LogP contribution in [0.25, 0.3) is 6.08 Å². The van der Waals surface area contributed by atoms with E-state index in [-0.39, 0.29) is 24.0 Å². The highest BCUT2D eigenvalue weighted by Gasteiger charge is 2.17. The molecule has 0 aliphatic heterocycles. The van der Waals surface area contributed by atoms with E-state index in [2.05, 4.69) is 0 Å². The van der Waals surface area contributed by atoms with Gasteiger partial charge in [-0.3, -0.25) is 0 Å². The second kappa shape index (κ2) is 6.92. The van der Waals surface area contributed by atoms with E-state index in [0.29, 0.717) is 0 Å². The molecule has 0 aromatic heterocycles. The van der Waals surface area contributed by atoms with Crippen molar-refractivity contribution in [3.05, 3.63) is 65.7 Å². The molecule has 4 N–H and O–H groups in total. The van der Waals surface area contributed by atoms with Crippen LogP contribution in [0.1, 0.15) is 17.0 Å². The quantitative estimate of drug-likeness (QED) is 0.679. The normalized spacial score (nSPS) is 14.2. The van der Waals surface area contributed by atoms with Crippen LogP contribution in [0, 0.1) is 0 Å². The van der Waals surface area contributed by atoms with Gasteiger partial charge in [-0.15, -0.1) is 0 Å². The maximum Gasteiger partial charge on any atom is 0.115 e. The minimum absolute atomic E-state index is 0.151. The summed E-state index contributed by atoms with van der Waals surface area (Å²) in [5, 5.41) is 37.7. The zero-order valence-corrected chi connectivity index (χ0v) is 11.4. The van der Waals surface area contributed by atoms with Gasteiger partial charge in [0.2, 0.25) is 0 Å². The molecule has 0 aliphatic carbocycles. The first-order chi connectivity index (χ1) is 10.1. The molecular formula is C17H18O4. The Morgan fingerprint density at radius 2 is 1.38 bits per heavy atom. The Bertz CT molecular complexity index is 587. The van der Waals surface area contributed by atoms with Crippen molar-refractivity contribution in [2.75, 3.05) is 6.61 Å². The van der Waals surface area contributed by atoms with Gasteiger partial charge in [0.15, 0.2) is 0 Å². The van der Waals surface area contributed by atoms with Crippen molar-refractivity contribution < 1.29 is 20.4 Å². The fraction of sp³-hybridized carbons (Fsp3) is 0.176. The summed E-state index contributed by atoms with van der Waals surface area (Å²) in [5.74, 6) is -0.0412. The Morgan fingerprint density at radius 1 is 0.857 bits per heavy atom. The largest absolute Gasteiger partial charge is 0.508 e. The van der Waals surface area contributed by atoms with Gasteiger partial charge in [0, 0.05) is 5.92 Å². The third-order valence-corrected chi connectivity index (χ3v) is 3.27. The predicted molar refractivity (Wildman–Crippen MR) is 81.1 cm³/mol. The lowest BCUT2D eigenvalue weighted by molar-refractivity contribution is 0.0842. The molecule has 0 aliphatic rings. The minimum Gasteiger partial charge on any atom is -0.508 e. The van der Waals surface area contributed by atoms with E-state index in [0.717, 1.165) is 11.1 Å². The lowest BCUT2D eigenvalue weighted by Crippen LogP contribution is -2.20. The van der Waals surface area contributed by atoms with Gasteiger partial charge >= 0.3 is 0 Å². The third kappa shape index (κ3) is 4.08. The summed E-state index contributed by atoms with van der Waals surface area (Å²) in [6.07, 6.45) is 2.68. The van der Waals surface area contributed by atoms with Crippen molar-refractivity contribution in [1.29, 1.82) is 0 Å². The molecule has 0 saturated carbocycles. The van der Waals surface area contributed by atoms with E-state index in [1.54, 1.807) is 54.6 Å². The summed E-state index contributed by atoms with van der Waals surface area (Å²) < 4.78 is 0. The van der Waals surface area contributed by atoms with Gasteiger partial charge in [-0.05, 0) is 35.4 Å². The van der Waals surface area contributed by atoms with Gasteiger partial charge < -0.3 is 20.4 Å². The molecule has 21 heavy (non-hydrogen) atoms. The maximum atomic E-state index is 9.96. The summed E-state index contributed by atoms with van der Waals surface area (Å²) in [7, 11) is 0. The van der Waals surface area contributed by atoms with Crippen LogP contribution in [0.4, 0.5) is 0 Å². The van der Waals surface area contributed by atoms with E-state index in [9.17, 15) is 20.4 Å².